The van der Waals surface area contributed by atoms with Gasteiger partial charge in [-0.2, -0.15) is 9.61 Å². The Balaban J connectivity index is 1.63. The van der Waals surface area contributed by atoms with Crippen LogP contribution in [0.25, 0.3) is 5.65 Å². The zero-order valence-corrected chi connectivity index (χ0v) is 15.0. The molecular weight excluding hydrogens is 304 g/mol. The average Bonchev–Trinajstić information content (AvgIpc) is 3.08. The van der Waals surface area contributed by atoms with Crippen LogP contribution in [0.5, 0.6) is 0 Å². The van der Waals surface area contributed by atoms with E-state index in [0.29, 0.717) is 0 Å². The molecule has 0 N–H and O–H groups in total. The van der Waals surface area contributed by atoms with Crippen molar-refractivity contribution in [2.24, 2.45) is 5.92 Å². The molecule has 0 spiro atoms. The van der Waals surface area contributed by atoms with Crippen LogP contribution in [-0.4, -0.2) is 71.7 Å². The van der Waals surface area contributed by atoms with Crippen molar-refractivity contribution in [2.45, 2.75) is 26.2 Å². The van der Waals surface area contributed by atoms with E-state index >= 15 is 0 Å². The van der Waals surface area contributed by atoms with Gasteiger partial charge in [0.2, 0.25) is 5.65 Å². The van der Waals surface area contributed by atoms with Gasteiger partial charge in [-0.1, -0.05) is 6.92 Å². The molecule has 3 rings (SSSR count). The topological polar surface area (TPSA) is 58.8 Å². The van der Waals surface area contributed by atoms with E-state index in [0.717, 1.165) is 49.1 Å². The number of anilines is 1. The summed E-state index contributed by atoms with van der Waals surface area (Å²) in [4.78, 5) is 4.82. The minimum absolute atomic E-state index is 0.718. The largest absolute Gasteiger partial charge is 0.383 e. The predicted octanol–water partition coefficient (Wildman–Crippen LogP) is 1.48. The first-order valence-electron chi connectivity index (χ1n) is 8.83. The van der Waals surface area contributed by atoms with Crippen molar-refractivity contribution in [1.29, 1.82) is 0 Å². The molecule has 0 radical (unpaired) electrons. The van der Waals surface area contributed by atoms with Crippen LogP contribution in [0.3, 0.4) is 0 Å². The van der Waals surface area contributed by atoms with Gasteiger partial charge in [-0.05, 0) is 44.3 Å². The second kappa shape index (κ2) is 7.90. The molecule has 7 nitrogen and oxygen atoms in total. The van der Waals surface area contributed by atoms with E-state index in [9.17, 15) is 0 Å². The molecule has 0 bridgehead atoms. The summed E-state index contributed by atoms with van der Waals surface area (Å²) in [6, 6.07) is 2.15. The van der Waals surface area contributed by atoms with Crippen LogP contribution in [-0.2, 0) is 11.2 Å². The summed E-state index contributed by atoms with van der Waals surface area (Å²) >= 11 is 0. The molecule has 0 atom stereocenters. The predicted molar refractivity (Wildman–Crippen MR) is 94.5 cm³/mol. The fourth-order valence-electron chi connectivity index (χ4n) is 3.41. The molecule has 1 aliphatic heterocycles. The number of piperidine rings is 1. The first-order chi connectivity index (χ1) is 11.7. The van der Waals surface area contributed by atoms with E-state index in [4.69, 9.17) is 4.74 Å². The minimum atomic E-state index is 0.718. The first kappa shape index (κ1) is 17.1. The van der Waals surface area contributed by atoms with Crippen molar-refractivity contribution in [1.82, 2.24) is 24.7 Å². The quantitative estimate of drug-likeness (QED) is 0.765. The molecule has 7 heteroatoms. The van der Waals surface area contributed by atoms with Crippen molar-refractivity contribution in [2.75, 3.05) is 51.8 Å². The monoisotopic (exact) mass is 332 g/mol. The minimum Gasteiger partial charge on any atom is -0.383 e. The molecule has 0 unspecified atom stereocenters. The average molecular weight is 332 g/mol. The number of hydrogen-bond donors (Lipinski definition) is 0. The third kappa shape index (κ3) is 3.84. The number of aryl methyl sites for hydroxylation is 1. The van der Waals surface area contributed by atoms with Gasteiger partial charge in [0.15, 0.2) is 0 Å². The highest BCUT2D eigenvalue weighted by Gasteiger charge is 2.21. The summed E-state index contributed by atoms with van der Waals surface area (Å²) in [7, 11) is 3.92. The van der Waals surface area contributed by atoms with Gasteiger partial charge >= 0.3 is 0 Å². The van der Waals surface area contributed by atoms with Gasteiger partial charge in [-0.25, -0.2) is 0 Å². The second-order valence-corrected chi connectivity index (χ2v) is 6.63. The summed E-state index contributed by atoms with van der Waals surface area (Å²) < 4.78 is 6.97. The fraction of sp³-hybridized carbons (Fsp3) is 0.706. The lowest BCUT2D eigenvalue weighted by molar-refractivity contribution is 0.121. The molecule has 0 aliphatic carbocycles. The highest BCUT2D eigenvalue weighted by atomic mass is 16.5. The second-order valence-electron chi connectivity index (χ2n) is 6.63. The first-order valence-corrected chi connectivity index (χ1v) is 8.83. The number of rotatable bonds is 7. The Labute approximate surface area is 143 Å². The number of likely N-dealkylation sites (tertiary alicyclic amines) is 1. The third-order valence-electron chi connectivity index (χ3n) is 4.92. The van der Waals surface area contributed by atoms with Crippen molar-refractivity contribution in [3.63, 3.8) is 0 Å². The third-order valence-corrected chi connectivity index (χ3v) is 4.92. The maximum Gasteiger partial charge on any atom is 0.200 e. The normalized spacial score (nSPS) is 16.8. The Morgan fingerprint density at radius 1 is 1.33 bits per heavy atom. The van der Waals surface area contributed by atoms with Gasteiger partial charge in [-0.3, -0.25) is 0 Å². The van der Waals surface area contributed by atoms with E-state index in [1.54, 1.807) is 18.0 Å². The highest BCUT2D eigenvalue weighted by Crippen LogP contribution is 2.24. The highest BCUT2D eigenvalue weighted by molar-refractivity contribution is 5.67. The fourth-order valence-corrected chi connectivity index (χ4v) is 3.41. The van der Waals surface area contributed by atoms with Gasteiger partial charge in [0.25, 0.3) is 0 Å². The summed E-state index contributed by atoms with van der Waals surface area (Å²) in [5.74, 6) is 0.718. The molecule has 3 heterocycles. The van der Waals surface area contributed by atoms with Gasteiger partial charge in [0.05, 0.1) is 18.0 Å². The number of fused-ring (bicyclic) bond motifs is 1. The molecule has 1 saturated heterocycles. The van der Waals surface area contributed by atoms with Crippen molar-refractivity contribution < 1.29 is 4.74 Å². The summed E-state index contributed by atoms with van der Waals surface area (Å²) in [6.07, 6.45) is 5.07. The summed E-state index contributed by atoms with van der Waals surface area (Å²) in [5.41, 5.74) is 3.03. The molecule has 2 aromatic heterocycles. The van der Waals surface area contributed by atoms with Crippen molar-refractivity contribution in [3.05, 3.63) is 18.1 Å². The molecule has 1 fully saturated rings. The van der Waals surface area contributed by atoms with E-state index < -0.39 is 0 Å². The maximum atomic E-state index is 5.18. The summed E-state index contributed by atoms with van der Waals surface area (Å²) in [5, 5.41) is 12.8. The molecule has 0 saturated carbocycles. The SMILES string of the molecule is CCc1cc(N(C)CC2CCN(CCOC)CC2)c2nncn2n1. The lowest BCUT2D eigenvalue weighted by Gasteiger charge is -2.34. The number of aromatic nitrogens is 4. The molecular formula is C17H28N6O. The molecule has 0 amide bonds. The lowest BCUT2D eigenvalue weighted by atomic mass is 9.96. The van der Waals surface area contributed by atoms with Gasteiger partial charge < -0.3 is 14.5 Å². The molecule has 24 heavy (non-hydrogen) atoms. The van der Waals surface area contributed by atoms with Gasteiger partial charge in [0, 0.05) is 27.2 Å². The standard InChI is InChI=1S/C17H28N6O/c1-4-15-11-16(17-19-18-13-23(17)20-15)21(2)12-14-5-7-22(8-6-14)9-10-24-3/h11,13-14H,4-10,12H2,1-3H3. The van der Waals surface area contributed by atoms with Gasteiger partial charge in [0.1, 0.15) is 6.33 Å². The molecule has 1 aliphatic rings. The Morgan fingerprint density at radius 3 is 2.83 bits per heavy atom. The molecule has 2 aromatic rings. The molecule has 0 aromatic carbocycles. The Bertz CT molecular complexity index is 650. The smallest absolute Gasteiger partial charge is 0.200 e. The zero-order valence-electron chi connectivity index (χ0n) is 15.0. The van der Waals surface area contributed by atoms with Crippen LogP contribution in [0.2, 0.25) is 0 Å². The maximum absolute atomic E-state index is 5.18. The number of hydrogen-bond acceptors (Lipinski definition) is 6. The van der Waals surface area contributed by atoms with E-state index in [-0.39, 0.29) is 0 Å². The van der Waals surface area contributed by atoms with E-state index in [1.807, 2.05) is 0 Å². The van der Waals surface area contributed by atoms with E-state index in [1.165, 1.54) is 25.9 Å². The van der Waals surface area contributed by atoms with Gasteiger partial charge in [-0.15, -0.1) is 10.2 Å². The Morgan fingerprint density at radius 2 is 2.12 bits per heavy atom. The van der Waals surface area contributed by atoms with Crippen LogP contribution < -0.4 is 4.90 Å². The Hall–Kier alpha value is -1.73. The van der Waals surface area contributed by atoms with Crippen LogP contribution in [0.15, 0.2) is 12.4 Å². The van der Waals surface area contributed by atoms with Crippen LogP contribution in [0.1, 0.15) is 25.5 Å². The zero-order chi connectivity index (χ0) is 16.9. The van der Waals surface area contributed by atoms with Crippen LogP contribution in [0.4, 0.5) is 5.69 Å². The number of methoxy groups -OCH3 is 1. The number of nitrogens with zero attached hydrogens (tertiary/aromatic N) is 6. The van der Waals surface area contributed by atoms with Crippen LogP contribution >= 0.6 is 0 Å². The lowest BCUT2D eigenvalue weighted by Crippen LogP contribution is -2.39. The summed E-state index contributed by atoms with van der Waals surface area (Å²) in [6.45, 7) is 7.37. The van der Waals surface area contributed by atoms with Crippen molar-refractivity contribution >= 4 is 11.3 Å². The van der Waals surface area contributed by atoms with Crippen LogP contribution in [0, 0.1) is 5.92 Å². The number of ether oxygens (including phenoxy) is 1. The van der Waals surface area contributed by atoms with E-state index in [2.05, 4.69) is 45.1 Å². The molecule has 132 valence electrons. The Kier molecular flexibility index (Phi) is 5.63. The van der Waals surface area contributed by atoms with Crippen molar-refractivity contribution in [3.8, 4) is 0 Å².